The monoisotopic (exact) mass is 501 g/mol. The second-order valence-corrected chi connectivity index (χ2v) is 10.4. The van der Waals surface area contributed by atoms with Crippen molar-refractivity contribution in [1.82, 2.24) is 9.61 Å². The Morgan fingerprint density at radius 3 is 2.46 bits per heavy atom. The molecule has 2 aliphatic rings. The van der Waals surface area contributed by atoms with Crippen molar-refractivity contribution in [2.75, 3.05) is 53.1 Å². The average molecular weight is 502 g/mol. The predicted octanol–water partition coefficient (Wildman–Crippen LogP) is 4.88. The van der Waals surface area contributed by atoms with E-state index in [1.165, 1.54) is 6.42 Å². The molecule has 8 nitrogen and oxygen atoms in total. The molecule has 0 amide bonds. The molecule has 3 aromatic rings. The molecular formula is C26H35N3O5S. The van der Waals surface area contributed by atoms with Crippen molar-refractivity contribution in [2.45, 2.75) is 38.8 Å². The van der Waals surface area contributed by atoms with Crippen LogP contribution in [0.5, 0.6) is 17.4 Å². The third-order valence-corrected chi connectivity index (χ3v) is 8.13. The minimum atomic E-state index is 0.321. The zero-order valence-electron chi connectivity index (χ0n) is 21.2. The van der Waals surface area contributed by atoms with Crippen LogP contribution < -0.4 is 19.1 Å². The lowest BCUT2D eigenvalue weighted by Gasteiger charge is -2.35. The molecule has 0 N–H and O–H groups in total. The third kappa shape index (κ3) is 4.57. The first-order chi connectivity index (χ1) is 17.1. The molecule has 1 saturated carbocycles. The first-order valence-corrected chi connectivity index (χ1v) is 13.1. The number of hydrogen-bond donors (Lipinski definition) is 0. The Balaban J connectivity index is 1.63. The molecule has 1 aliphatic heterocycles. The van der Waals surface area contributed by atoms with E-state index in [4.69, 9.17) is 28.8 Å². The Kier molecular flexibility index (Phi) is 7.09. The number of anilines is 1. The van der Waals surface area contributed by atoms with Crippen LogP contribution in [-0.2, 0) is 16.1 Å². The van der Waals surface area contributed by atoms with Gasteiger partial charge in [0.15, 0.2) is 0 Å². The molecule has 1 saturated heterocycles. The van der Waals surface area contributed by atoms with Gasteiger partial charge in [-0.3, -0.25) is 0 Å². The summed E-state index contributed by atoms with van der Waals surface area (Å²) in [4.78, 5) is 3.56. The zero-order chi connectivity index (χ0) is 24.5. The minimum absolute atomic E-state index is 0.321. The van der Waals surface area contributed by atoms with Crippen molar-refractivity contribution in [2.24, 2.45) is 11.8 Å². The molecule has 3 unspecified atom stereocenters. The number of aromatic nitrogens is 2. The summed E-state index contributed by atoms with van der Waals surface area (Å²) in [6.45, 7) is 5.39. The second-order valence-electron chi connectivity index (χ2n) is 9.50. The molecular weight excluding hydrogens is 466 g/mol. The van der Waals surface area contributed by atoms with Crippen LogP contribution in [0.15, 0.2) is 17.5 Å². The van der Waals surface area contributed by atoms with Gasteiger partial charge in [0, 0.05) is 25.6 Å². The van der Waals surface area contributed by atoms with Gasteiger partial charge in [-0.15, -0.1) is 16.4 Å². The van der Waals surface area contributed by atoms with Crippen molar-refractivity contribution >= 4 is 21.9 Å². The van der Waals surface area contributed by atoms with Gasteiger partial charge in [-0.2, -0.15) is 0 Å². The van der Waals surface area contributed by atoms with Crippen LogP contribution in [0.3, 0.4) is 0 Å². The Hall–Kier alpha value is -2.49. The SMILES string of the molecule is COCc1cc(OC)c(-c2csc3c(N(CC4CC4C)C4CCCOC4)c(OC)nn23)c(OC)c1. The van der Waals surface area contributed by atoms with Crippen LogP contribution in [-0.4, -0.2) is 63.9 Å². The fourth-order valence-corrected chi connectivity index (χ4v) is 6.12. The zero-order valence-corrected chi connectivity index (χ0v) is 22.0. The van der Waals surface area contributed by atoms with Crippen LogP contribution >= 0.6 is 11.3 Å². The molecule has 3 atom stereocenters. The minimum Gasteiger partial charge on any atom is -0.496 e. The van der Waals surface area contributed by atoms with Gasteiger partial charge < -0.3 is 28.6 Å². The van der Waals surface area contributed by atoms with E-state index >= 15 is 0 Å². The second kappa shape index (κ2) is 10.2. The molecule has 2 fully saturated rings. The van der Waals surface area contributed by atoms with Gasteiger partial charge >= 0.3 is 0 Å². The number of fused-ring (bicyclic) bond motifs is 1. The van der Waals surface area contributed by atoms with Gasteiger partial charge in [0.1, 0.15) is 22.0 Å². The summed E-state index contributed by atoms with van der Waals surface area (Å²) in [5.74, 6) is 3.54. The summed E-state index contributed by atoms with van der Waals surface area (Å²) in [5.41, 5.74) is 3.82. The summed E-state index contributed by atoms with van der Waals surface area (Å²) in [7, 11) is 6.73. The average Bonchev–Trinajstić information content (AvgIpc) is 3.26. The predicted molar refractivity (Wildman–Crippen MR) is 137 cm³/mol. The van der Waals surface area contributed by atoms with E-state index in [1.54, 1.807) is 39.8 Å². The van der Waals surface area contributed by atoms with E-state index in [9.17, 15) is 0 Å². The number of rotatable bonds is 10. The number of hydrogen-bond acceptors (Lipinski definition) is 8. The summed E-state index contributed by atoms with van der Waals surface area (Å²) >= 11 is 1.67. The van der Waals surface area contributed by atoms with Crippen molar-refractivity contribution in [1.29, 1.82) is 0 Å². The van der Waals surface area contributed by atoms with E-state index < -0.39 is 0 Å². The molecule has 190 valence electrons. The van der Waals surface area contributed by atoms with E-state index in [2.05, 4.69) is 17.2 Å². The van der Waals surface area contributed by atoms with Crippen LogP contribution in [0.25, 0.3) is 16.1 Å². The maximum absolute atomic E-state index is 5.89. The van der Waals surface area contributed by atoms with E-state index in [0.29, 0.717) is 24.4 Å². The first kappa shape index (κ1) is 24.2. The van der Waals surface area contributed by atoms with E-state index in [0.717, 1.165) is 77.4 Å². The maximum Gasteiger partial charge on any atom is 0.258 e. The van der Waals surface area contributed by atoms with Crippen LogP contribution in [0.1, 0.15) is 31.7 Å². The summed E-state index contributed by atoms with van der Waals surface area (Å²) in [6.07, 6.45) is 3.46. The standard InChI is InChI=1S/C26H35N3O5S/c1-16-9-18(16)12-28(19-7-6-8-34-14-19)24-25(33-5)27-29-20(15-35-26(24)29)23-21(31-3)10-17(13-30-2)11-22(23)32-4/h10-11,15-16,18-19H,6-9,12-14H2,1-5H3. The van der Waals surface area contributed by atoms with Crippen LogP contribution in [0.4, 0.5) is 5.69 Å². The maximum atomic E-state index is 5.89. The van der Waals surface area contributed by atoms with Crippen molar-refractivity contribution < 1.29 is 23.7 Å². The van der Waals surface area contributed by atoms with Crippen molar-refractivity contribution in [3.8, 4) is 28.6 Å². The highest BCUT2D eigenvalue weighted by Crippen LogP contribution is 2.47. The van der Waals surface area contributed by atoms with Crippen molar-refractivity contribution in [3.05, 3.63) is 23.1 Å². The molecule has 2 aromatic heterocycles. The largest absolute Gasteiger partial charge is 0.496 e. The smallest absolute Gasteiger partial charge is 0.258 e. The normalized spacial score (nSPS) is 21.8. The molecule has 35 heavy (non-hydrogen) atoms. The lowest BCUT2D eigenvalue weighted by molar-refractivity contribution is 0.0788. The van der Waals surface area contributed by atoms with E-state index in [1.807, 2.05) is 16.6 Å². The molecule has 1 aromatic carbocycles. The Bertz CT molecular complexity index is 1140. The number of methoxy groups -OCH3 is 4. The van der Waals surface area contributed by atoms with Gasteiger partial charge in [-0.25, -0.2) is 4.52 Å². The molecule has 1 aliphatic carbocycles. The topological polar surface area (TPSA) is 66.7 Å². The summed E-state index contributed by atoms with van der Waals surface area (Å²) < 4.78 is 30.6. The first-order valence-electron chi connectivity index (χ1n) is 12.2. The highest BCUT2D eigenvalue weighted by molar-refractivity contribution is 7.16. The lowest BCUT2D eigenvalue weighted by Crippen LogP contribution is -2.42. The molecule has 3 heterocycles. The lowest BCUT2D eigenvalue weighted by atomic mass is 10.1. The van der Waals surface area contributed by atoms with E-state index in [-0.39, 0.29) is 0 Å². The fraction of sp³-hybridized carbons (Fsp3) is 0.577. The van der Waals surface area contributed by atoms with Crippen LogP contribution in [0, 0.1) is 11.8 Å². The van der Waals surface area contributed by atoms with Crippen LogP contribution in [0.2, 0.25) is 0 Å². The molecule has 0 radical (unpaired) electrons. The molecule has 9 heteroatoms. The number of nitrogens with zero attached hydrogens (tertiary/aromatic N) is 3. The number of thiazole rings is 1. The number of ether oxygens (including phenoxy) is 5. The summed E-state index contributed by atoms with van der Waals surface area (Å²) in [5, 5.41) is 7.05. The number of benzene rings is 1. The van der Waals surface area contributed by atoms with Crippen molar-refractivity contribution in [3.63, 3.8) is 0 Å². The quantitative estimate of drug-likeness (QED) is 0.392. The van der Waals surface area contributed by atoms with Gasteiger partial charge in [0.25, 0.3) is 5.88 Å². The molecule has 0 bridgehead atoms. The van der Waals surface area contributed by atoms with Gasteiger partial charge in [0.2, 0.25) is 0 Å². The molecule has 0 spiro atoms. The van der Waals surface area contributed by atoms with Gasteiger partial charge in [0.05, 0.1) is 51.8 Å². The Labute approximate surface area is 210 Å². The Morgan fingerprint density at radius 2 is 1.89 bits per heavy atom. The molecule has 5 rings (SSSR count). The fourth-order valence-electron chi connectivity index (χ4n) is 5.12. The highest BCUT2D eigenvalue weighted by Gasteiger charge is 2.38. The highest BCUT2D eigenvalue weighted by atomic mass is 32.1. The van der Waals surface area contributed by atoms with Gasteiger partial charge in [-0.05, 0) is 48.8 Å². The Morgan fingerprint density at radius 1 is 1.14 bits per heavy atom. The van der Waals surface area contributed by atoms with Gasteiger partial charge in [-0.1, -0.05) is 6.92 Å². The summed E-state index contributed by atoms with van der Waals surface area (Å²) in [6, 6.07) is 4.31. The third-order valence-electron chi connectivity index (χ3n) is 7.20.